The van der Waals surface area contributed by atoms with Crippen molar-refractivity contribution in [3.05, 3.63) is 72.3 Å². The van der Waals surface area contributed by atoms with Gasteiger partial charge >= 0.3 is 5.97 Å². The second kappa shape index (κ2) is 7.68. The van der Waals surface area contributed by atoms with Crippen LogP contribution in [-0.2, 0) is 10.2 Å². The molecule has 2 rings (SSSR count). The fraction of sp³-hybridized carbons (Fsp3) is 0.250. The summed E-state index contributed by atoms with van der Waals surface area (Å²) in [6.07, 6.45) is 3.68. The quantitative estimate of drug-likeness (QED) is 0.635. The second-order valence-electron chi connectivity index (χ2n) is 5.90. The third kappa shape index (κ3) is 3.96. The Bertz CT molecular complexity index is 641. The number of phenolic OH excluding ortho intramolecular Hbond substituents is 2. The first-order chi connectivity index (χ1) is 11.5. The number of phenols is 2. The minimum Gasteiger partial charge on any atom is -0.508 e. The summed E-state index contributed by atoms with van der Waals surface area (Å²) >= 11 is 0. The molecular formula is C20H22O4. The van der Waals surface area contributed by atoms with Crippen molar-refractivity contribution >= 4 is 5.97 Å². The first-order valence-electron chi connectivity index (χ1n) is 7.89. The number of carbonyl (C=O) groups is 1. The molecule has 2 aromatic rings. The van der Waals surface area contributed by atoms with E-state index in [1.807, 2.05) is 30.3 Å². The Morgan fingerprint density at radius 3 is 1.75 bits per heavy atom. The van der Waals surface area contributed by atoms with E-state index in [1.165, 1.54) is 0 Å². The lowest BCUT2D eigenvalue weighted by molar-refractivity contribution is -0.137. The lowest BCUT2D eigenvalue weighted by Gasteiger charge is -2.35. The van der Waals surface area contributed by atoms with Crippen molar-refractivity contribution in [2.75, 3.05) is 0 Å². The van der Waals surface area contributed by atoms with Crippen LogP contribution < -0.4 is 0 Å². The molecule has 3 N–H and O–H groups in total. The van der Waals surface area contributed by atoms with Gasteiger partial charge in [-0.25, -0.2) is 0 Å². The average molecular weight is 326 g/mol. The average Bonchev–Trinajstić information content (AvgIpc) is 2.57. The second-order valence-corrected chi connectivity index (χ2v) is 5.90. The zero-order valence-corrected chi connectivity index (χ0v) is 13.5. The van der Waals surface area contributed by atoms with E-state index >= 15 is 0 Å². The molecule has 0 unspecified atom stereocenters. The minimum atomic E-state index is -0.851. The SMILES string of the molecule is C=CCCC(CCC(=O)O)(c1ccc(O)cc1)c1ccc(O)cc1. The van der Waals surface area contributed by atoms with Gasteiger partial charge in [0, 0.05) is 11.8 Å². The fourth-order valence-electron chi connectivity index (χ4n) is 3.10. The van der Waals surface area contributed by atoms with Crippen molar-refractivity contribution in [1.82, 2.24) is 0 Å². The van der Waals surface area contributed by atoms with Gasteiger partial charge in [-0.1, -0.05) is 30.3 Å². The molecule has 0 aliphatic heterocycles. The van der Waals surface area contributed by atoms with Crippen LogP contribution in [0.1, 0.15) is 36.8 Å². The molecule has 0 heterocycles. The molecule has 4 nitrogen and oxygen atoms in total. The van der Waals surface area contributed by atoms with Crippen LogP contribution in [0.3, 0.4) is 0 Å². The molecule has 0 fully saturated rings. The van der Waals surface area contributed by atoms with E-state index in [1.54, 1.807) is 24.3 Å². The van der Waals surface area contributed by atoms with Gasteiger partial charge in [0.15, 0.2) is 0 Å². The number of benzene rings is 2. The molecule has 0 aliphatic rings. The standard InChI is InChI=1S/C20H22O4/c1-2-3-13-20(14-12-19(23)24,15-4-8-17(21)9-5-15)16-6-10-18(22)11-7-16/h2,4-11,21-22H,1,3,12-14H2,(H,23,24). The van der Waals surface area contributed by atoms with Gasteiger partial charge in [0.2, 0.25) is 0 Å². The van der Waals surface area contributed by atoms with Crippen LogP contribution in [0.2, 0.25) is 0 Å². The number of allylic oxidation sites excluding steroid dienone is 1. The van der Waals surface area contributed by atoms with Crippen molar-refractivity contribution in [3.8, 4) is 11.5 Å². The normalized spacial score (nSPS) is 11.2. The van der Waals surface area contributed by atoms with Crippen LogP contribution >= 0.6 is 0 Å². The van der Waals surface area contributed by atoms with Gasteiger partial charge in [0.05, 0.1) is 0 Å². The van der Waals surface area contributed by atoms with Gasteiger partial charge < -0.3 is 15.3 Å². The smallest absolute Gasteiger partial charge is 0.303 e. The summed E-state index contributed by atoms with van der Waals surface area (Å²) in [5, 5.41) is 28.3. The number of carboxylic acids is 1. The monoisotopic (exact) mass is 326 g/mol. The highest BCUT2D eigenvalue weighted by atomic mass is 16.4. The molecular weight excluding hydrogens is 304 g/mol. The number of aromatic hydroxyl groups is 2. The van der Waals surface area contributed by atoms with E-state index in [4.69, 9.17) is 0 Å². The zero-order valence-electron chi connectivity index (χ0n) is 13.5. The number of carboxylic acid groups (broad SMARTS) is 1. The van der Waals surface area contributed by atoms with Crippen molar-refractivity contribution in [1.29, 1.82) is 0 Å². The Balaban J connectivity index is 2.57. The van der Waals surface area contributed by atoms with E-state index in [0.717, 1.165) is 17.5 Å². The van der Waals surface area contributed by atoms with Crippen LogP contribution in [0.25, 0.3) is 0 Å². The lowest BCUT2D eigenvalue weighted by atomic mass is 9.68. The van der Waals surface area contributed by atoms with Gasteiger partial charge in [0.25, 0.3) is 0 Å². The van der Waals surface area contributed by atoms with Crippen molar-refractivity contribution < 1.29 is 20.1 Å². The molecule has 0 amide bonds. The predicted molar refractivity (Wildman–Crippen MR) is 93.3 cm³/mol. The Labute approximate surface area is 141 Å². The van der Waals surface area contributed by atoms with Gasteiger partial charge in [-0.15, -0.1) is 6.58 Å². The van der Waals surface area contributed by atoms with Crippen LogP contribution in [-0.4, -0.2) is 21.3 Å². The Kier molecular flexibility index (Phi) is 5.64. The summed E-state index contributed by atoms with van der Waals surface area (Å²) in [7, 11) is 0. The number of hydrogen-bond acceptors (Lipinski definition) is 3. The van der Waals surface area contributed by atoms with Gasteiger partial charge in [-0.05, 0) is 54.7 Å². The highest BCUT2D eigenvalue weighted by Crippen LogP contribution is 2.42. The summed E-state index contributed by atoms with van der Waals surface area (Å²) in [5.41, 5.74) is 1.36. The molecule has 0 saturated carbocycles. The van der Waals surface area contributed by atoms with E-state index in [0.29, 0.717) is 12.8 Å². The number of aliphatic carboxylic acids is 1. The van der Waals surface area contributed by atoms with E-state index in [2.05, 4.69) is 6.58 Å². The van der Waals surface area contributed by atoms with Crippen molar-refractivity contribution in [2.24, 2.45) is 0 Å². The number of rotatable bonds is 8. The van der Waals surface area contributed by atoms with Crippen LogP contribution in [0.4, 0.5) is 0 Å². The largest absolute Gasteiger partial charge is 0.508 e. The third-order valence-electron chi connectivity index (χ3n) is 4.38. The lowest BCUT2D eigenvalue weighted by Crippen LogP contribution is -2.28. The fourth-order valence-corrected chi connectivity index (χ4v) is 3.10. The summed E-state index contributed by atoms with van der Waals surface area (Å²) in [6, 6.07) is 13.7. The topological polar surface area (TPSA) is 77.8 Å². The number of hydrogen-bond donors (Lipinski definition) is 3. The van der Waals surface area contributed by atoms with Crippen molar-refractivity contribution in [3.63, 3.8) is 0 Å². The summed E-state index contributed by atoms with van der Waals surface area (Å²) in [4.78, 5) is 11.2. The first kappa shape index (κ1) is 17.6. The molecule has 4 heteroatoms. The highest BCUT2D eigenvalue weighted by Gasteiger charge is 2.34. The molecule has 0 bridgehead atoms. The minimum absolute atomic E-state index is 0.0267. The van der Waals surface area contributed by atoms with Gasteiger partial charge in [-0.2, -0.15) is 0 Å². The predicted octanol–water partition coefficient (Wildman–Crippen LogP) is 4.21. The van der Waals surface area contributed by atoms with Gasteiger partial charge in [-0.3, -0.25) is 4.79 Å². The Morgan fingerprint density at radius 2 is 1.38 bits per heavy atom. The van der Waals surface area contributed by atoms with Crippen LogP contribution in [0, 0.1) is 0 Å². The summed E-state index contributed by atoms with van der Waals surface area (Å²) in [5.74, 6) is -0.517. The van der Waals surface area contributed by atoms with E-state index in [-0.39, 0.29) is 17.9 Å². The maximum Gasteiger partial charge on any atom is 0.303 e. The van der Waals surface area contributed by atoms with Gasteiger partial charge in [0.1, 0.15) is 11.5 Å². The molecule has 0 atom stereocenters. The van der Waals surface area contributed by atoms with Crippen molar-refractivity contribution in [2.45, 2.75) is 31.1 Å². The maximum atomic E-state index is 11.2. The molecule has 0 aliphatic carbocycles. The molecule has 2 aromatic carbocycles. The van der Waals surface area contributed by atoms with Crippen LogP contribution in [0.5, 0.6) is 11.5 Å². The summed E-state index contributed by atoms with van der Waals surface area (Å²) < 4.78 is 0. The molecule has 0 saturated heterocycles. The molecule has 0 radical (unpaired) electrons. The highest BCUT2D eigenvalue weighted by molar-refractivity contribution is 5.67. The third-order valence-corrected chi connectivity index (χ3v) is 4.38. The molecule has 24 heavy (non-hydrogen) atoms. The molecule has 126 valence electrons. The van der Waals surface area contributed by atoms with E-state index < -0.39 is 11.4 Å². The van der Waals surface area contributed by atoms with E-state index in [9.17, 15) is 20.1 Å². The van der Waals surface area contributed by atoms with Crippen LogP contribution in [0.15, 0.2) is 61.2 Å². The molecule has 0 spiro atoms. The Morgan fingerprint density at radius 1 is 0.917 bits per heavy atom. The molecule has 0 aromatic heterocycles. The first-order valence-corrected chi connectivity index (χ1v) is 7.89. The maximum absolute atomic E-state index is 11.2. The zero-order chi connectivity index (χ0) is 17.6. The summed E-state index contributed by atoms with van der Waals surface area (Å²) in [6.45, 7) is 3.78. The Hall–Kier alpha value is -2.75.